The zero-order valence-electron chi connectivity index (χ0n) is 12.2. The maximum atomic E-state index is 4.50. The standard InChI is InChI=1S/C17H21BrN2/c1-4-19-17(13(3)16-7-5-6-8-20-16)14-9-12(2)10-15(18)11-14/h5-11,13,17,19H,4H2,1-3H3. The van der Waals surface area contributed by atoms with Crippen molar-refractivity contribution in [2.45, 2.75) is 32.7 Å². The summed E-state index contributed by atoms with van der Waals surface area (Å²) in [5.74, 6) is 0.324. The quantitative estimate of drug-likeness (QED) is 0.864. The molecule has 2 aromatic rings. The fourth-order valence-corrected chi connectivity index (χ4v) is 3.19. The highest BCUT2D eigenvalue weighted by atomic mass is 79.9. The summed E-state index contributed by atoms with van der Waals surface area (Å²) < 4.78 is 1.13. The molecule has 0 saturated heterocycles. The molecule has 0 bridgehead atoms. The first-order valence-electron chi connectivity index (χ1n) is 7.03. The number of rotatable bonds is 5. The molecule has 3 heteroatoms. The summed E-state index contributed by atoms with van der Waals surface area (Å²) in [4.78, 5) is 4.50. The third-order valence-corrected chi connectivity index (χ3v) is 3.96. The fraction of sp³-hybridized carbons (Fsp3) is 0.353. The molecule has 1 aromatic carbocycles. The number of likely N-dealkylation sites (N-methyl/N-ethyl adjacent to an activating group) is 1. The van der Waals surface area contributed by atoms with Gasteiger partial charge in [-0.15, -0.1) is 0 Å². The van der Waals surface area contributed by atoms with Crippen molar-refractivity contribution in [1.82, 2.24) is 10.3 Å². The van der Waals surface area contributed by atoms with Gasteiger partial charge in [-0.1, -0.05) is 41.9 Å². The Balaban J connectivity index is 2.35. The molecule has 2 rings (SSSR count). The van der Waals surface area contributed by atoms with Crippen molar-refractivity contribution in [2.75, 3.05) is 6.54 Å². The van der Waals surface area contributed by atoms with E-state index in [4.69, 9.17) is 0 Å². The van der Waals surface area contributed by atoms with Crippen molar-refractivity contribution in [2.24, 2.45) is 0 Å². The van der Waals surface area contributed by atoms with Gasteiger partial charge in [0.15, 0.2) is 0 Å². The van der Waals surface area contributed by atoms with Crippen LogP contribution in [0.25, 0.3) is 0 Å². The maximum Gasteiger partial charge on any atom is 0.0450 e. The van der Waals surface area contributed by atoms with E-state index in [1.54, 1.807) is 0 Å². The van der Waals surface area contributed by atoms with Crippen LogP contribution in [0.1, 0.15) is 42.6 Å². The van der Waals surface area contributed by atoms with E-state index in [0.717, 1.165) is 16.7 Å². The lowest BCUT2D eigenvalue weighted by molar-refractivity contribution is 0.472. The number of hydrogen-bond donors (Lipinski definition) is 1. The molecule has 0 aliphatic rings. The molecule has 0 saturated carbocycles. The molecule has 1 heterocycles. The summed E-state index contributed by atoms with van der Waals surface area (Å²) in [7, 11) is 0. The van der Waals surface area contributed by atoms with Crippen molar-refractivity contribution in [1.29, 1.82) is 0 Å². The van der Waals surface area contributed by atoms with E-state index < -0.39 is 0 Å². The van der Waals surface area contributed by atoms with Gasteiger partial charge in [-0.05, 0) is 48.9 Å². The fourth-order valence-electron chi connectivity index (χ4n) is 2.56. The summed E-state index contributed by atoms with van der Waals surface area (Å²) >= 11 is 3.59. The molecule has 0 aliphatic carbocycles. The Hall–Kier alpha value is -1.19. The van der Waals surface area contributed by atoms with E-state index in [1.165, 1.54) is 11.1 Å². The average Bonchev–Trinajstić information content (AvgIpc) is 2.44. The Morgan fingerprint density at radius 2 is 2.05 bits per heavy atom. The number of halogens is 1. The summed E-state index contributed by atoms with van der Waals surface area (Å²) in [6.07, 6.45) is 1.86. The Morgan fingerprint density at radius 3 is 2.65 bits per heavy atom. The van der Waals surface area contributed by atoms with Crippen LogP contribution >= 0.6 is 15.9 Å². The van der Waals surface area contributed by atoms with Gasteiger partial charge in [0, 0.05) is 28.3 Å². The molecule has 106 valence electrons. The Kier molecular flexibility index (Phi) is 5.32. The number of aryl methyl sites for hydroxylation is 1. The Bertz CT molecular complexity index is 534. The van der Waals surface area contributed by atoms with Crippen LogP contribution in [0.4, 0.5) is 0 Å². The van der Waals surface area contributed by atoms with Gasteiger partial charge in [0.2, 0.25) is 0 Å². The lowest BCUT2D eigenvalue weighted by Gasteiger charge is -2.25. The molecule has 0 aliphatic heterocycles. The first-order chi connectivity index (χ1) is 9.61. The number of aromatic nitrogens is 1. The molecule has 20 heavy (non-hydrogen) atoms. The van der Waals surface area contributed by atoms with E-state index in [9.17, 15) is 0 Å². The molecule has 1 aromatic heterocycles. The Labute approximate surface area is 129 Å². The Morgan fingerprint density at radius 1 is 1.25 bits per heavy atom. The lowest BCUT2D eigenvalue weighted by Crippen LogP contribution is -2.26. The lowest BCUT2D eigenvalue weighted by atomic mass is 9.90. The first-order valence-corrected chi connectivity index (χ1v) is 7.82. The zero-order chi connectivity index (χ0) is 14.5. The first kappa shape index (κ1) is 15.2. The van der Waals surface area contributed by atoms with Crippen LogP contribution < -0.4 is 5.32 Å². The average molecular weight is 333 g/mol. The predicted octanol–water partition coefficient (Wildman–Crippen LogP) is 4.61. The highest BCUT2D eigenvalue weighted by molar-refractivity contribution is 9.10. The molecule has 2 unspecified atom stereocenters. The number of nitrogens with zero attached hydrogens (tertiary/aromatic N) is 1. The summed E-state index contributed by atoms with van der Waals surface area (Å²) in [5, 5.41) is 3.59. The van der Waals surface area contributed by atoms with Gasteiger partial charge < -0.3 is 5.32 Å². The normalized spacial score (nSPS) is 14.0. The largest absolute Gasteiger partial charge is 0.310 e. The molecular weight excluding hydrogens is 312 g/mol. The number of pyridine rings is 1. The molecule has 0 spiro atoms. The number of nitrogens with one attached hydrogen (secondary N) is 1. The second-order valence-corrected chi connectivity index (χ2v) is 6.06. The topological polar surface area (TPSA) is 24.9 Å². The van der Waals surface area contributed by atoms with E-state index in [2.05, 4.69) is 71.3 Å². The van der Waals surface area contributed by atoms with Crippen LogP contribution in [-0.2, 0) is 0 Å². The molecule has 2 nitrogen and oxygen atoms in total. The minimum atomic E-state index is 0.270. The molecule has 0 fully saturated rings. The van der Waals surface area contributed by atoms with Crippen molar-refractivity contribution >= 4 is 15.9 Å². The molecule has 0 amide bonds. The number of benzene rings is 1. The summed E-state index contributed by atoms with van der Waals surface area (Å²) in [6.45, 7) is 7.44. The third kappa shape index (κ3) is 3.68. The van der Waals surface area contributed by atoms with Gasteiger partial charge in [-0.25, -0.2) is 0 Å². The van der Waals surface area contributed by atoms with Crippen LogP contribution in [0, 0.1) is 6.92 Å². The highest BCUT2D eigenvalue weighted by Crippen LogP contribution is 2.31. The van der Waals surface area contributed by atoms with Crippen LogP contribution in [-0.4, -0.2) is 11.5 Å². The predicted molar refractivity (Wildman–Crippen MR) is 87.9 cm³/mol. The van der Waals surface area contributed by atoms with Crippen LogP contribution in [0.5, 0.6) is 0 Å². The van der Waals surface area contributed by atoms with Crippen molar-refractivity contribution in [3.8, 4) is 0 Å². The van der Waals surface area contributed by atoms with E-state index >= 15 is 0 Å². The van der Waals surface area contributed by atoms with E-state index in [1.807, 2.05) is 18.3 Å². The summed E-state index contributed by atoms with van der Waals surface area (Å²) in [5.41, 5.74) is 3.69. The highest BCUT2D eigenvalue weighted by Gasteiger charge is 2.21. The second kappa shape index (κ2) is 7.00. The van der Waals surface area contributed by atoms with E-state index in [0.29, 0.717) is 5.92 Å². The van der Waals surface area contributed by atoms with Crippen molar-refractivity contribution in [3.63, 3.8) is 0 Å². The van der Waals surface area contributed by atoms with Gasteiger partial charge in [0.05, 0.1) is 0 Å². The maximum absolute atomic E-state index is 4.50. The van der Waals surface area contributed by atoms with Crippen LogP contribution in [0.2, 0.25) is 0 Å². The number of hydrogen-bond acceptors (Lipinski definition) is 2. The minimum absolute atomic E-state index is 0.270. The molecule has 1 N–H and O–H groups in total. The van der Waals surface area contributed by atoms with Gasteiger partial charge in [-0.3, -0.25) is 4.98 Å². The monoisotopic (exact) mass is 332 g/mol. The van der Waals surface area contributed by atoms with Crippen LogP contribution in [0.3, 0.4) is 0 Å². The van der Waals surface area contributed by atoms with Gasteiger partial charge in [0.25, 0.3) is 0 Å². The smallest absolute Gasteiger partial charge is 0.0450 e. The molecule has 0 radical (unpaired) electrons. The zero-order valence-corrected chi connectivity index (χ0v) is 13.8. The van der Waals surface area contributed by atoms with Crippen molar-refractivity contribution in [3.05, 3.63) is 63.9 Å². The molecule has 2 atom stereocenters. The van der Waals surface area contributed by atoms with E-state index in [-0.39, 0.29) is 6.04 Å². The minimum Gasteiger partial charge on any atom is -0.310 e. The van der Waals surface area contributed by atoms with Crippen LogP contribution in [0.15, 0.2) is 47.1 Å². The van der Waals surface area contributed by atoms with Crippen molar-refractivity contribution < 1.29 is 0 Å². The SMILES string of the molecule is CCNC(c1cc(C)cc(Br)c1)C(C)c1ccccn1. The molecular formula is C17H21BrN2. The second-order valence-electron chi connectivity index (χ2n) is 5.14. The third-order valence-electron chi connectivity index (χ3n) is 3.50. The summed E-state index contributed by atoms with van der Waals surface area (Å²) in [6, 6.07) is 13.0. The van der Waals surface area contributed by atoms with Gasteiger partial charge >= 0.3 is 0 Å². The van der Waals surface area contributed by atoms with Gasteiger partial charge in [0.1, 0.15) is 0 Å². The van der Waals surface area contributed by atoms with Gasteiger partial charge in [-0.2, -0.15) is 0 Å².